The van der Waals surface area contributed by atoms with Crippen molar-refractivity contribution in [3.63, 3.8) is 0 Å². The van der Waals surface area contributed by atoms with Crippen molar-refractivity contribution < 1.29 is 22.5 Å². The number of ether oxygens (including phenoxy) is 1. The number of nitrogens with one attached hydrogen (secondary N) is 2. The van der Waals surface area contributed by atoms with E-state index in [1.165, 1.54) is 0 Å². The van der Waals surface area contributed by atoms with E-state index in [1.54, 1.807) is 19.5 Å². The first-order valence-electron chi connectivity index (χ1n) is 13.6. The standard InChI is InChI=1S/C28H37F3N5O2P/c1-17-6-5-12-38-13-11-36(2)19-8-7-18(14-19)34-27-33-16-23(28(29,30)31)24(35-27)22-15-32-25-21(22)10-9-20(17)26(25)39(3,4)37/h9-10,15-19,32H,5-8,11-14H2,1-4H3,(H,33,34,35)/t17?,18-,19-/m0/s1. The molecule has 0 radical (unpaired) electrons. The fraction of sp³-hybridized carbons (Fsp3) is 0.571. The highest BCUT2D eigenvalue weighted by atomic mass is 31.2. The molecule has 2 aromatic heterocycles. The third-order valence-corrected chi connectivity index (χ3v) is 9.71. The summed E-state index contributed by atoms with van der Waals surface area (Å²) in [5.74, 6) is 0.290. The van der Waals surface area contributed by atoms with Crippen LogP contribution in [0.5, 0.6) is 0 Å². The third-order valence-electron chi connectivity index (χ3n) is 8.15. The molecule has 11 heteroatoms. The molecule has 1 fully saturated rings. The molecule has 2 aliphatic heterocycles. The predicted molar refractivity (Wildman–Crippen MR) is 150 cm³/mol. The van der Waals surface area contributed by atoms with Gasteiger partial charge in [0.2, 0.25) is 5.95 Å². The lowest BCUT2D eigenvalue weighted by atomic mass is 9.94. The molecule has 1 saturated carbocycles. The Morgan fingerprint density at radius 2 is 1.95 bits per heavy atom. The second-order valence-electron chi connectivity index (χ2n) is 11.4. The zero-order valence-electron chi connectivity index (χ0n) is 22.9. The Morgan fingerprint density at radius 3 is 2.69 bits per heavy atom. The molecule has 0 amide bonds. The van der Waals surface area contributed by atoms with E-state index in [9.17, 15) is 17.7 Å². The van der Waals surface area contributed by atoms with Gasteiger partial charge in [0.15, 0.2) is 0 Å². The van der Waals surface area contributed by atoms with Crippen molar-refractivity contribution in [1.29, 1.82) is 0 Å². The maximum atomic E-state index is 14.1. The Kier molecular flexibility index (Phi) is 7.83. The quantitative estimate of drug-likeness (QED) is 0.350. The second-order valence-corrected chi connectivity index (χ2v) is 14.5. The molecule has 1 unspecified atom stereocenters. The van der Waals surface area contributed by atoms with Crippen LogP contribution < -0.4 is 10.6 Å². The Balaban J connectivity index is 1.65. The number of fused-ring (bicyclic) bond motifs is 8. The molecule has 212 valence electrons. The van der Waals surface area contributed by atoms with Gasteiger partial charge >= 0.3 is 6.18 Å². The molecule has 0 saturated heterocycles. The van der Waals surface area contributed by atoms with Crippen LogP contribution in [0.1, 0.15) is 56.1 Å². The zero-order chi connectivity index (χ0) is 27.9. The SMILES string of the molecule is CC1CCCOCCN(C)[C@H]2CC[C@@H](C2)Nc2ncc(C(F)(F)F)c(n2)-c2c[nH]c3c(P(C)(C)=O)c1ccc23. The van der Waals surface area contributed by atoms with Gasteiger partial charge in [-0.15, -0.1) is 0 Å². The average molecular weight is 564 g/mol. The summed E-state index contributed by atoms with van der Waals surface area (Å²) in [6.45, 7) is 7.63. The number of H-pyrrole nitrogens is 1. The van der Waals surface area contributed by atoms with E-state index in [0.29, 0.717) is 41.0 Å². The Bertz CT molecular complexity index is 1390. The monoisotopic (exact) mass is 563 g/mol. The molecule has 3 atom stereocenters. The van der Waals surface area contributed by atoms with Gasteiger partial charge in [0.1, 0.15) is 12.7 Å². The first kappa shape index (κ1) is 28.1. The van der Waals surface area contributed by atoms with Crippen LogP contribution in [0.15, 0.2) is 24.5 Å². The average Bonchev–Trinajstić information content (AvgIpc) is 3.50. The Morgan fingerprint density at radius 1 is 1.15 bits per heavy atom. The lowest BCUT2D eigenvalue weighted by Crippen LogP contribution is -2.33. The fourth-order valence-electron chi connectivity index (χ4n) is 6.05. The number of alkyl halides is 3. The maximum Gasteiger partial charge on any atom is 0.419 e. The molecule has 0 spiro atoms. The highest BCUT2D eigenvalue weighted by Gasteiger charge is 2.37. The van der Waals surface area contributed by atoms with Crippen LogP contribution in [0.25, 0.3) is 22.2 Å². The van der Waals surface area contributed by atoms with Crippen LogP contribution in [0.4, 0.5) is 19.1 Å². The molecule has 3 aromatic rings. The van der Waals surface area contributed by atoms with Crippen molar-refractivity contribution in [1.82, 2.24) is 19.9 Å². The van der Waals surface area contributed by atoms with Gasteiger partial charge in [0, 0.05) is 53.9 Å². The second kappa shape index (κ2) is 10.9. The van der Waals surface area contributed by atoms with Crippen LogP contribution in [-0.4, -0.2) is 72.1 Å². The van der Waals surface area contributed by atoms with Crippen molar-refractivity contribution in [2.75, 3.05) is 45.5 Å². The molecule has 4 heterocycles. The van der Waals surface area contributed by atoms with Crippen molar-refractivity contribution >= 4 is 29.3 Å². The normalized spacial score (nSPS) is 23.8. The fourth-order valence-corrected chi connectivity index (χ4v) is 7.69. The molecule has 1 aliphatic carbocycles. The summed E-state index contributed by atoms with van der Waals surface area (Å²) in [5.41, 5.74) is 0.810. The minimum atomic E-state index is -4.63. The molecule has 1 aromatic carbocycles. The molecule has 39 heavy (non-hydrogen) atoms. The topological polar surface area (TPSA) is 83.1 Å². The number of rotatable bonds is 1. The largest absolute Gasteiger partial charge is 0.419 e. The summed E-state index contributed by atoms with van der Waals surface area (Å²) in [7, 11) is -0.704. The Hall–Kier alpha value is -2.42. The lowest BCUT2D eigenvalue weighted by molar-refractivity contribution is -0.137. The molecule has 2 N–H and O–H groups in total. The number of aromatic amines is 1. The van der Waals surface area contributed by atoms with E-state index in [0.717, 1.165) is 50.4 Å². The number of hydrogen-bond acceptors (Lipinski definition) is 6. The van der Waals surface area contributed by atoms with Crippen LogP contribution in [-0.2, 0) is 15.5 Å². The van der Waals surface area contributed by atoms with Gasteiger partial charge in [0.25, 0.3) is 0 Å². The van der Waals surface area contributed by atoms with Gasteiger partial charge in [-0.2, -0.15) is 13.2 Å². The summed E-state index contributed by atoms with van der Waals surface area (Å²) >= 11 is 0. The molecule has 6 rings (SSSR count). The highest BCUT2D eigenvalue weighted by molar-refractivity contribution is 7.70. The van der Waals surface area contributed by atoms with Gasteiger partial charge in [-0.3, -0.25) is 0 Å². The van der Waals surface area contributed by atoms with Crippen LogP contribution in [0.2, 0.25) is 0 Å². The zero-order valence-corrected chi connectivity index (χ0v) is 23.8. The number of likely N-dealkylation sites (N-methyl/N-ethyl adjacent to an activating group) is 1. The number of nitrogens with zero attached hydrogens (tertiary/aromatic N) is 3. The van der Waals surface area contributed by atoms with E-state index < -0.39 is 18.9 Å². The van der Waals surface area contributed by atoms with Crippen LogP contribution in [0, 0.1) is 0 Å². The summed E-state index contributed by atoms with van der Waals surface area (Å²) in [6.07, 6.45) is 2.24. The van der Waals surface area contributed by atoms with E-state index >= 15 is 0 Å². The molecule has 7 nitrogen and oxygen atoms in total. The number of halogens is 3. The smallest absolute Gasteiger partial charge is 0.380 e. The van der Waals surface area contributed by atoms with Crippen LogP contribution >= 0.6 is 7.14 Å². The molecular weight excluding hydrogens is 526 g/mol. The van der Waals surface area contributed by atoms with E-state index in [1.807, 2.05) is 12.1 Å². The van der Waals surface area contributed by atoms with Crippen molar-refractivity contribution in [2.45, 2.75) is 63.2 Å². The highest BCUT2D eigenvalue weighted by Crippen LogP contribution is 2.44. The molecule has 3 aliphatic rings. The van der Waals surface area contributed by atoms with Crippen LogP contribution in [0.3, 0.4) is 0 Å². The minimum absolute atomic E-state index is 0.0678. The van der Waals surface area contributed by atoms with Gasteiger partial charge in [0.05, 0.1) is 17.8 Å². The Labute approximate surface area is 227 Å². The number of aromatic nitrogens is 3. The van der Waals surface area contributed by atoms with Gasteiger partial charge < -0.3 is 24.5 Å². The first-order chi connectivity index (χ1) is 18.4. The molecular formula is C28H37F3N5O2P. The molecule has 8 bridgehead atoms. The summed E-state index contributed by atoms with van der Waals surface area (Å²) in [4.78, 5) is 14.0. The van der Waals surface area contributed by atoms with E-state index in [-0.39, 0.29) is 23.6 Å². The first-order valence-corrected chi connectivity index (χ1v) is 16.2. The predicted octanol–water partition coefficient (Wildman–Crippen LogP) is 6.07. The third kappa shape index (κ3) is 5.88. The van der Waals surface area contributed by atoms with Gasteiger partial charge in [-0.25, -0.2) is 9.97 Å². The number of benzene rings is 1. The number of anilines is 1. The number of hydrogen-bond donors (Lipinski definition) is 2. The van der Waals surface area contributed by atoms with Gasteiger partial charge in [-0.1, -0.05) is 19.1 Å². The van der Waals surface area contributed by atoms with Crippen molar-refractivity contribution in [3.05, 3.63) is 35.7 Å². The van der Waals surface area contributed by atoms with E-state index in [4.69, 9.17) is 4.74 Å². The van der Waals surface area contributed by atoms with E-state index in [2.05, 4.69) is 39.1 Å². The van der Waals surface area contributed by atoms with Gasteiger partial charge in [-0.05, 0) is 64.0 Å². The van der Waals surface area contributed by atoms with Crippen molar-refractivity contribution in [3.8, 4) is 11.3 Å². The maximum absolute atomic E-state index is 14.1. The summed E-state index contributed by atoms with van der Waals surface area (Å²) in [5, 5.41) is 4.55. The lowest BCUT2D eigenvalue weighted by Gasteiger charge is -2.24. The summed E-state index contributed by atoms with van der Waals surface area (Å²) in [6, 6.07) is 4.18. The summed E-state index contributed by atoms with van der Waals surface area (Å²) < 4.78 is 61.9. The van der Waals surface area contributed by atoms with Crippen molar-refractivity contribution in [2.24, 2.45) is 0 Å². The minimum Gasteiger partial charge on any atom is -0.380 e.